The van der Waals surface area contributed by atoms with Crippen molar-refractivity contribution in [2.45, 2.75) is 25.9 Å². The van der Waals surface area contributed by atoms with Gasteiger partial charge in [0.2, 0.25) is 11.8 Å². The van der Waals surface area contributed by atoms with Gasteiger partial charge in [0.25, 0.3) is 0 Å². The fourth-order valence-corrected chi connectivity index (χ4v) is 2.30. The van der Waals surface area contributed by atoms with E-state index in [0.29, 0.717) is 0 Å². The van der Waals surface area contributed by atoms with Crippen LogP contribution in [0, 0.1) is 0 Å². The molecule has 2 rings (SSSR count). The first-order valence-electron chi connectivity index (χ1n) is 7.18. The molecule has 0 fully saturated rings. The van der Waals surface area contributed by atoms with E-state index in [1.807, 2.05) is 24.3 Å². The van der Waals surface area contributed by atoms with Crippen LogP contribution in [-0.2, 0) is 12.6 Å². The first kappa shape index (κ1) is 17.1. The van der Waals surface area contributed by atoms with Crippen molar-refractivity contribution in [1.29, 1.82) is 0 Å². The zero-order chi connectivity index (χ0) is 17.0. The molecule has 0 radical (unpaired) electrons. The molecule has 0 aliphatic rings. The zero-order valence-electron chi connectivity index (χ0n) is 13.2. The Kier molecular flexibility index (Phi) is 5.08. The van der Waals surface area contributed by atoms with Gasteiger partial charge in [-0.15, -0.1) is 0 Å². The fraction of sp³-hybridized carbons (Fsp3) is 0.375. The van der Waals surface area contributed by atoms with Crippen LogP contribution >= 0.6 is 0 Å². The van der Waals surface area contributed by atoms with Gasteiger partial charge >= 0.3 is 6.18 Å². The van der Waals surface area contributed by atoms with Crippen LogP contribution in [0.15, 0.2) is 30.5 Å². The van der Waals surface area contributed by atoms with Crippen molar-refractivity contribution in [3.8, 4) is 5.88 Å². The van der Waals surface area contributed by atoms with Crippen LogP contribution in [0.4, 0.5) is 24.8 Å². The maximum atomic E-state index is 12.9. The number of para-hydroxylation sites is 1. The minimum absolute atomic E-state index is 0.151. The number of alkyl halides is 3. The third-order valence-corrected chi connectivity index (χ3v) is 3.41. The highest BCUT2D eigenvalue weighted by molar-refractivity contribution is 5.61. The highest BCUT2D eigenvalue weighted by atomic mass is 19.4. The molecule has 4 nitrogen and oxygen atoms in total. The van der Waals surface area contributed by atoms with Gasteiger partial charge in [0, 0.05) is 18.9 Å². The lowest BCUT2D eigenvalue weighted by Crippen LogP contribution is -2.17. The molecule has 0 unspecified atom stereocenters. The highest BCUT2D eigenvalue weighted by Crippen LogP contribution is 2.36. The van der Waals surface area contributed by atoms with Crippen LogP contribution in [0.25, 0.3) is 0 Å². The number of halogens is 3. The molecule has 124 valence electrons. The number of aryl methyl sites for hydroxylation is 1. The Balaban J connectivity index is 2.43. The largest absolute Gasteiger partial charge is 0.480 e. The highest BCUT2D eigenvalue weighted by Gasteiger charge is 2.36. The number of benzene rings is 1. The summed E-state index contributed by atoms with van der Waals surface area (Å²) in [6.07, 6.45) is -1.98. The van der Waals surface area contributed by atoms with E-state index in [0.717, 1.165) is 37.4 Å². The van der Waals surface area contributed by atoms with E-state index < -0.39 is 17.6 Å². The molecule has 0 spiro atoms. The molecule has 0 bridgehead atoms. The quantitative estimate of drug-likeness (QED) is 0.825. The van der Waals surface area contributed by atoms with Crippen molar-refractivity contribution in [2.75, 3.05) is 19.1 Å². The number of nitrogens with zero attached hydrogens (tertiary/aromatic N) is 3. The second kappa shape index (κ2) is 6.85. The summed E-state index contributed by atoms with van der Waals surface area (Å²) in [5.74, 6) is -0.333. The topological polar surface area (TPSA) is 38.2 Å². The zero-order valence-corrected chi connectivity index (χ0v) is 13.2. The minimum atomic E-state index is -4.55. The van der Waals surface area contributed by atoms with Crippen molar-refractivity contribution in [2.24, 2.45) is 0 Å². The summed E-state index contributed by atoms with van der Waals surface area (Å²) in [5, 5.41) is 0. The van der Waals surface area contributed by atoms with E-state index in [2.05, 4.69) is 16.9 Å². The number of hydrogen-bond donors (Lipinski definition) is 0. The lowest BCUT2D eigenvalue weighted by Gasteiger charge is -2.21. The van der Waals surface area contributed by atoms with Gasteiger partial charge in [0.15, 0.2) is 0 Å². The van der Waals surface area contributed by atoms with Crippen LogP contribution in [0.2, 0.25) is 0 Å². The van der Waals surface area contributed by atoms with Crippen LogP contribution in [-0.4, -0.2) is 24.1 Å². The number of aromatic nitrogens is 2. The van der Waals surface area contributed by atoms with Crippen molar-refractivity contribution >= 4 is 11.6 Å². The van der Waals surface area contributed by atoms with Crippen molar-refractivity contribution in [3.05, 3.63) is 41.6 Å². The smallest absolute Gasteiger partial charge is 0.423 e. The molecule has 7 heteroatoms. The molecule has 2 aromatic rings. The van der Waals surface area contributed by atoms with E-state index in [1.165, 1.54) is 0 Å². The van der Waals surface area contributed by atoms with Gasteiger partial charge in [-0.3, -0.25) is 0 Å². The average molecular weight is 325 g/mol. The van der Waals surface area contributed by atoms with E-state index >= 15 is 0 Å². The van der Waals surface area contributed by atoms with E-state index in [4.69, 9.17) is 4.74 Å². The number of methoxy groups -OCH3 is 1. The Bertz CT molecular complexity index is 674. The minimum Gasteiger partial charge on any atom is -0.480 e. The van der Waals surface area contributed by atoms with Gasteiger partial charge in [-0.25, -0.2) is 4.98 Å². The Morgan fingerprint density at radius 2 is 1.91 bits per heavy atom. The van der Waals surface area contributed by atoms with E-state index in [1.54, 1.807) is 11.9 Å². The van der Waals surface area contributed by atoms with Crippen molar-refractivity contribution < 1.29 is 17.9 Å². The van der Waals surface area contributed by atoms with Crippen molar-refractivity contribution in [1.82, 2.24) is 9.97 Å². The summed E-state index contributed by atoms with van der Waals surface area (Å²) in [6.45, 7) is 2.06. The van der Waals surface area contributed by atoms with Gasteiger partial charge in [0.05, 0.1) is 7.11 Å². The average Bonchev–Trinajstić information content (AvgIpc) is 2.53. The molecular weight excluding hydrogens is 307 g/mol. The molecule has 0 saturated heterocycles. The Morgan fingerprint density at radius 3 is 2.52 bits per heavy atom. The molecule has 0 amide bonds. The second-order valence-corrected chi connectivity index (χ2v) is 5.03. The van der Waals surface area contributed by atoms with Gasteiger partial charge < -0.3 is 9.64 Å². The lowest BCUT2D eigenvalue weighted by atomic mass is 10.1. The summed E-state index contributed by atoms with van der Waals surface area (Å²) >= 11 is 0. The van der Waals surface area contributed by atoms with E-state index in [9.17, 15) is 13.2 Å². The second-order valence-electron chi connectivity index (χ2n) is 5.03. The molecular formula is C16H18F3N3O. The molecule has 0 N–H and O–H groups in total. The summed E-state index contributed by atoms with van der Waals surface area (Å²) in [5.41, 5.74) is 0.954. The van der Waals surface area contributed by atoms with Crippen LogP contribution < -0.4 is 9.64 Å². The Hall–Kier alpha value is -2.31. The maximum absolute atomic E-state index is 12.9. The molecule has 1 heterocycles. The summed E-state index contributed by atoms with van der Waals surface area (Å²) < 4.78 is 43.4. The molecule has 0 saturated carbocycles. The first-order chi connectivity index (χ1) is 10.9. The van der Waals surface area contributed by atoms with Crippen LogP contribution in [0.1, 0.15) is 24.5 Å². The SMILES string of the molecule is CCCc1ccccc1N(C)c1ncc(C(F)(F)F)c(OC)n1. The number of ether oxygens (including phenoxy) is 1. The van der Waals surface area contributed by atoms with E-state index in [-0.39, 0.29) is 5.95 Å². The summed E-state index contributed by atoms with van der Waals surface area (Å²) in [6, 6.07) is 7.66. The third-order valence-electron chi connectivity index (χ3n) is 3.41. The first-order valence-corrected chi connectivity index (χ1v) is 7.18. The normalized spacial score (nSPS) is 11.4. The van der Waals surface area contributed by atoms with Gasteiger partial charge in [-0.05, 0) is 18.1 Å². The third kappa shape index (κ3) is 3.72. The molecule has 0 aliphatic carbocycles. The number of rotatable bonds is 5. The Morgan fingerprint density at radius 1 is 1.22 bits per heavy atom. The molecule has 0 aliphatic heterocycles. The lowest BCUT2D eigenvalue weighted by molar-refractivity contribution is -0.139. The molecule has 23 heavy (non-hydrogen) atoms. The Labute approximate surface area is 132 Å². The summed E-state index contributed by atoms with van der Waals surface area (Å²) in [7, 11) is 2.88. The van der Waals surface area contributed by atoms with Crippen molar-refractivity contribution in [3.63, 3.8) is 0 Å². The summed E-state index contributed by atoms with van der Waals surface area (Å²) in [4.78, 5) is 9.41. The van der Waals surface area contributed by atoms with Gasteiger partial charge in [-0.1, -0.05) is 31.5 Å². The maximum Gasteiger partial charge on any atom is 0.423 e. The predicted molar refractivity (Wildman–Crippen MR) is 82.1 cm³/mol. The standard InChI is InChI=1S/C16H18F3N3O/c1-4-7-11-8-5-6-9-13(11)22(2)15-20-10-12(16(17,18)19)14(21-15)23-3/h5-6,8-10H,4,7H2,1-3H3. The predicted octanol–water partition coefficient (Wildman–Crippen LogP) is 4.22. The molecule has 1 aromatic heterocycles. The molecule has 0 atom stereocenters. The number of anilines is 2. The van der Waals surface area contributed by atoms with Gasteiger partial charge in [-0.2, -0.15) is 18.2 Å². The molecule has 1 aromatic carbocycles. The monoisotopic (exact) mass is 325 g/mol. The van der Waals surface area contributed by atoms with Crippen LogP contribution in [0.5, 0.6) is 5.88 Å². The van der Waals surface area contributed by atoms with Crippen LogP contribution in [0.3, 0.4) is 0 Å². The fourth-order valence-electron chi connectivity index (χ4n) is 2.30. The van der Waals surface area contributed by atoms with Gasteiger partial charge in [0.1, 0.15) is 5.56 Å². The number of hydrogen-bond acceptors (Lipinski definition) is 4.